The molecule has 0 bridgehead atoms. The summed E-state index contributed by atoms with van der Waals surface area (Å²) in [5.41, 5.74) is 1.60. The van der Waals surface area contributed by atoms with Gasteiger partial charge in [0, 0.05) is 6.20 Å². The normalized spacial score (nSPS) is 16.9. The van der Waals surface area contributed by atoms with Crippen LogP contribution in [0.25, 0.3) is 10.9 Å². The molecule has 0 saturated carbocycles. The molecule has 0 saturated heterocycles. The Bertz CT molecular complexity index is 804. The van der Waals surface area contributed by atoms with Crippen LogP contribution in [-0.4, -0.2) is 18.4 Å². The van der Waals surface area contributed by atoms with Gasteiger partial charge in [0.15, 0.2) is 0 Å². The zero-order chi connectivity index (χ0) is 12.9. The average molecular weight is 284 g/mol. The maximum absolute atomic E-state index is 11.5. The monoisotopic (exact) mass is 283 g/mol. The number of hydrogen-bond donors (Lipinski definition) is 3. The van der Waals surface area contributed by atoms with E-state index < -0.39 is 10.2 Å². The highest BCUT2D eigenvalue weighted by molar-refractivity contribution is 7.90. The zero-order valence-corrected chi connectivity index (χ0v) is 10.4. The Morgan fingerprint density at radius 3 is 3.00 bits per heavy atom. The molecule has 0 aromatic carbocycles. The number of nitrogens with zero attached hydrogens (tertiary/aromatic N) is 2. The predicted molar refractivity (Wildman–Crippen MR) is 65.2 cm³/mol. The minimum absolute atomic E-state index is 0.0568. The van der Waals surface area contributed by atoms with Gasteiger partial charge in [-0.1, -0.05) is 11.6 Å². The van der Waals surface area contributed by atoms with Gasteiger partial charge in [0.1, 0.15) is 11.2 Å². The molecule has 3 N–H and O–H groups in total. The number of fused-ring (bicyclic) bond motifs is 3. The summed E-state index contributed by atoms with van der Waals surface area (Å²) in [4.78, 5) is 6.94. The minimum atomic E-state index is -3.58. The summed E-state index contributed by atoms with van der Waals surface area (Å²) in [5.74, 6) is 0. The summed E-state index contributed by atoms with van der Waals surface area (Å²) < 4.78 is 27.5. The van der Waals surface area contributed by atoms with Crippen molar-refractivity contribution in [2.24, 2.45) is 0 Å². The van der Waals surface area contributed by atoms with Crippen molar-refractivity contribution in [3.8, 4) is 6.07 Å². The van der Waals surface area contributed by atoms with Crippen molar-refractivity contribution in [1.29, 1.82) is 5.26 Å². The number of aromatic amines is 1. The smallest absolute Gasteiger partial charge is 0.299 e. The van der Waals surface area contributed by atoms with Gasteiger partial charge in [0.05, 0.1) is 34.4 Å². The standard InChI is InChI=1S/C9H6ClN5O2S/c10-9-6-4(1-11)2-12-8(6)7-5(14-9)3-13-18(16,17)15-7/h2,12-13,15H,3H2. The van der Waals surface area contributed by atoms with E-state index in [1.54, 1.807) is 0 Å². The van der Waals surface area contributed by atoms with E-state index in [2.05, 4.69) is 19.4 Å². The number of aromatic nitrogens is 2. The molecule has 0 fully saturated rings. The summed E-state index contributed by atoms with van der Waals surface area (Å²) >= 11 is 6.00. The molecule has 2 aromatic rings. The Kier molecular flexibility index (Phi) is 2.25. The Balaban J connectivity index is 2.39. The number of pyridine rings is 1. The molecule has 9 heteroatoms. The molecule has 0 radical (unpaired) electrons. The fourth-order valence-corrected chi connectivity index (χ4v) is 3.06. The molecule has 0 aliphatic carbocycles. The maximum atomic E-state index is 11.5. The first-order chi connectivity index (χ1) is 8.52. The van der Waals surface area contributed by atoms with Gasteiger partial charge in [-0.2, -0.15) is 18.4 Å². The minimum Gasteiger partial charge on any atom is -0.358 e. The second kappa shape index (κ2) is 3.58. The second-order valence-corrected chi connectivity index (χ2v) is 5.57. The van der Waals surface area contributed by atoms with Crippen molar-refractivity contribution < 1.29 is 8.42 Å². The number of H-pyrrole nitrogens is 1. The van der Waals surface area contributed by atoms with Crippen LogP contribution in [0, 0.1) is 11.3 Å². The van der Waals surface area contributed by atoms with E-state index in [1.807, 2.05) is 6.07 Å². The molecule has 0 spiro atoms. The number of nitrogens with one attached hydrogen (secondary N) is 3. The number of rotatable bonds is 0. The molecule has 0 unspecified atom stereocenters. The third-order valence-corrected chi connectivity index (χ3v) is 3.92. The third kappa shape index (κ3) is 1.53. The fraction of sp³-hybridized carbons (Fsp3) is 0.111. The van der Waals surface area contributed by atoms with E-state index in [0.29, 0.717) is 27.8 Å². The fourth-order valence-electron chi connectivity index (χ4n) is 1.87. The molecular weight excluding hydrogens is 278 g/mol. The van der Waals surface area contributed by atoms with Crippen molar-refractivity contribution in [3.05, 3.63) is 22.6 Å². The van der Waals surface area contributed by atoms with Crippen LogP contribution in [0.2, 0.25) is 5.15 Å². The van der Waals surface area contributed by atoms with Crippen molar-refractivity contribution in [2.45, 2.75) is 6.54 Å². The number of nitriles is 1. The van der Waals surface area contributed by atoms with Crippen LogP contribution in [0.1, 0.15) is 11.3 Å². The van der Waals surface area contributed by atoms with Crippen LogP contribution in [0.15, 0.2) is 6.20 Å². The first-order valence-electron chi connectivity index (χ1n) is 4.89. The molecule has 3 heterocycles. The lowest BCUT2D eigenvalue weighted by Crippen LogP contribution is -2.35. The largest absolute Gasteiger partial charge is 0.358 e. The van der Waals surface area contributed by atoms with E-state index in [4.69, 9.17) is 16.9 Å². The van der Waals surface area contributed by atoms with Gasteiger partial charge in [-0.15, -0.1) is 0 Å². The Hall–Kier alpha value is -1.82. The molecule has 3 rings (SSSR count). The SMILES string of the molecule is N#Cc1c[nH]c2c3c(nc(Cl)c12)CNS(=O)(=O)N3. The third-order valence-electron chi connectivity index (χ3n) is 2.64. The van der Waals surface area contributed by atoms with Crippen LogP contribution in [0.5, 0.6) is 0 Å². The molecule has 0 amide bonds. The van der Waals surface area contributed by atoms with Gasteiger partial charge in [-0.3, -0.25) is 4.72 Å². The van der Waals surface area contributed by atoms with E-state index in [9.17, 15) is 8.42 Å². The highest BCUT2D eigenvalue weighted by atomic mass is 35.5. The topological polar surface area (TPSA) is 111 Å². The Morgan fingerprint density at radius 2 is 2.28 bits per heavy atom. The highest BCUT2D eigenvalue weighted by Gasteiger charge is 2.25. The molecule has 2 aromatic heterocycles. The van der Waals surface area contributed by atoms with E-state index >= 15 is 0 Å². The van der Waals surface area contributed by atoms with Gasteiger partial charge in [0.2, 0.25) is 0 Å². The zero-order valence-electron chi connectivity index (χ0n) is 8.78. The predicted octanol–water partition coefficient (Wildman–Crippen LogP) is 0.848. The molecule has 7 nitrogen and oxygen atoms in total. The molecular formula is C9H6ClN5O2S. The number of hydrogen-bond acceptors (Lipinski definition) is 4. The van der Waals surface area contributed by atoms with Crippen molar-refractivity contribution in [1.82, 2.24) is 14.7 Å². The van der Waals surface area contributed by atoms with Crippen molar-refractivity contribution >= 4 is 38.4 Å². The lowest BCUT2D eigenvalue weighted by Gasteiger charge is -2.19. The van der Waals surface area contributed by atoms with Crippen molar-refractivity contribution in [3.63, 3.8) is 0 Å². The van der Waals surface area contributed by atoms with Crippen molar-refractivity contribution in [2.75, 3.05) is 4.72 Å². The summed E-state index contributed by atoms with van der Waals surface area (Å²) in [6.45, 7) is 0.0568. The average Bonchev–Trinajstić information content (AvgIpc) is 2.74. The first kappa shape index (κ1) is 11.3. The van der Waals surface area contributed by atoms with E-state index in [0.717, 1.165) is 0 Å². The number of anilines is 1. The van der Waals surface area contributed by atoms with E-state index in [1.165, 1.54) is 6.20 Å². The van der Waals surface area contributed by atoms with Crippen LogP contribution < -0.4 is 9.44 Å². The van der Waals surface area contributed by atoms with Crippen LogP contribution in [0.3, 0.4) is 0 Å². The Morgan fingerprint density at radius 1 is 1.50 bits per heavy atom. The molecule has 1 aliphatic heterocycles. The molecule has 92 valence electrons. The van der Waals surface area contributed by atoms with Crippen LogP contribution in [-0.2, 0) is 16.8 Å². The van der Waals surface area contributed by atoms with Gasteiger partial charge >= 0.3 is 0 Å². The molecule has 0 atom stereocenters. The van der Waals surface area contributed by atoms with Gasteiger partial charge in [0.25, 0.3) is 10.2 Å². The maximum Gasteiger partial charge on any atom is 0.299 e. The lowest BCUT2D eigenvalue weighted by molar-refractivity contribution is 0.583. The van der Waals surface area contributed by atoms with Gasteiger partial charge in [-0.05, 0) is 0 Å². The summed E-state index contributed by atoms with van der Waals surface area (Å²) in [5, 5.41) is 9.54. The van der Waals surface area contributed by atoms with Gasteiger partial charge < -0.3 is 4.98 Å². The van der Waals surface area contributed by atoms with Gasteiger partial charge in [-0.25, -0.2) is 4.98 Å². The van der Waals surface area contributed by atoms with Crippen LogP contribution in [0.4, 0.5) is 5.69 Å². The van der Waals surface area contributed by atoms with Crippen LogP contribution >= 0.6 is 11.6 Å². The summed E-state index contributed by atoms with van der Waals surface area (Å²) in [6.07, 6.45) is 1.47. The summed E-state index contributed by atoms with van der Waals surface area (Å²) in [7, 11) is -3.58. The summed E-state index contributed by atoms with van der Waals surface area (Å²) in [6, 6.07) is 1.97. The quantitative estimate of drug-likeness (QED) is 0.622. The first-order valence-corrected chi connectivity index (χ1v) is 6.75. The van der Waals surface area contributed by atoms with E-state index in [-0.39, 0.29) is 11.7 Å². The lowest BCUT2D eigenvalue weighted by atomic mass is 10.2. The second-order valence-electron chi connectivity index (χ2n) is 3.72. The molecule has 1 aliphatic rings. The Labute approximate surface area is 107 Å². The molecule has 18 heavy (non-hydrogen) atoms. The number of halogens is 1. The highest BCUT2D eigenvalue weighted by Crippen LogP contribution is 2.34.